The van der Waals surface area contributed by atoms with Crippen molar-refractivity contribution in [3.8, 4) is 11.4 Å². The number of aromatic nitrogens is 4. The molecule has 1 aliphatic rings. The summed E-state index contributed by atoms with van der Waals surface area (Å²) in [5.74, 6) is 1.25. The molecule has 1 aliphatic heterocycles. The Morgan fingerprint density at radius 1 is 1.44 bits per heavy atom. The number of benzene rings is 1. The molecule has 1 saturated heterocycles. The van der Waals surface area contributed by atoms with Gasteiger partial charge in [0.15, 0.2) is 5.82 Å². The maximum absolute atomic E-state index is 5.78. The second-order valence-electron chi connectivity index (χ2n) is 4.54. The van der Waals surface area contributed by atoms with Crippen LogP contribution < -0.4 is 5.73 Å². The maximum Gasteiger partial charge on any atom is 0.182 e. The molecule has 0 spiro atoms. The number of nitrogen functional groups attached to an aromatic ring is 1. The molecule has 2 aromatic rings. The summed E-state index contributed by atoms with van der Waals surface area (Å²) in [5.41, 5.74) is 7.44. The van der Waals surface area contributed by atoms with E-state index >= 15 is 0 Å². The first-order valence-corrected chi connectivity index (χ1v) is 6.03. The third kappa shape index (κ3) is 2.19. The summed E-state index contributed by atoms with van der Waals surface area (Å²) in [5, 5.41) is 11.9. The molecule has 6 nitrogen and oxygen atoms in total. The van der Waals surface area contributed by atoms with E-state index in [1.54, 1.807) is 0 Å². The van der Waals surface area contributed by atoms with Gasteiger partial charge < -0.3 is 10.5 Å². The molecular weight excluding hydrogens is 230 g/mol. The molecule has 1 aromatic carbocycles. The van der Waals surface area contributed by atoms with Crippen molar-refractivity contribution in [1.29, 1.82) is 0 Å². The maximum atomic E-state index is 5.78. The molecule has 0 radical (unpaired) electrons. The van der Waals surface area contributed by atoms with Crippen molar-refractivity contribution in [2.24, 2.45) is 5.92 Å². The molecule has 1 fully saturated rings. The van der Waals surface area contributed by atoms with E-state index < -0.39 is 0 Å². The average Bonchev–Trinajstić information content (AvgIpc) is 3.01. The van der Waals surface area contributed by atoms with Gasteiger partial charge in [0.25, 0.3) is 0 Å². The van der Waals surface area contributed by atoms with E-state index in [1.165, 1.54) is 0 Å². The van der Waals surface area contributed by atoms with Crippen molar-refractivity contribution in [3.63, 3.8) is 0 Å². The fourth-order valence-electron chi connectivity index (χ4n) is 2.18. The van der Waals surface area contributed by atoms with Crippen LogP contribution in [-0.4, -0.2) is 33.4 Å². The Kier molecular flexibility index (Phi) is 2.93. The number of hydrogen-bond donors (Lipinski definition) is 1. The van der Waals surface area contributed by atoms with Crippen LogP contribution in [0.2, 0.25) is 0 Å². The minimum absolute atomic E-state index is 0.494. The number of hydrogen-bond acceptors (Lipinski definition) is 5. The van der Waals surface area contributed by atoms with Crippen molar-refractivity contribution in [3.05, 3.63) is 24.3 Å². The lowest BCUT2D eigenvalue weighted by molar-refractivity contribution is 0.181. The standard InChI is InChI=1S/C12H15N5O/c13-11-3-1-2-10(6-11)12-14-15-16-17(12)7-9-4-5-18-8-9/h1-3,6,9H,4-5,7-8,13H2. The van der Waals surface area contributed by atoms with Crippen molar-refractivity contribution >= 4 is 5.69 Å². The molecule has 3 rings (SSSR count). The minimum Gasteiger partial charge on any atom is -0.399 e. The van der Waals surface area contributed by atoms with E-state index in [-0.39, 0.29) is 0 Å². The molecule has 1 unspecified atom stereocenters. The molecule has 0 amide bonds. The van der Waals surface area contributed by atoms with Gasteiger partial charge in [0.2, 0.25) is 0 Å². The number of tetrazole rings is 1. The van der Waals surface area contributed by atoms with Crippen LogP contribution in [-0.2, 0) is 11.3 Å². The van der Waals surface area contributed by atoms with Crippen LogP contribution in [0.15, 0.2) is 24.3 Å². The highest BCUT2D eigenvalue weighted by Gasteiger charge is 2.19. The summed E-state index contributed by atoms with van der Waals surface area (Å²) in [6.45, 7) is 2.41. The first kappa shape index (κ1) is 11.2. The number of rotatable bonds is 3. The fraction of sp³-hybridized carbons (Fsp3) is 0.417. The van der Waals surface area contributed by atoms with Gasteiger partial charge >= 0.3 is 0 Å². The third-order valence-electron chi connectivity index (χ3n) is 3.13. The van der Waals surface area contributed by atoms with Gasteiger partial charge in [0.05, 0.1) is 13.2 Å². The number of nitrogens with zero attached hydrogens (tertiary/aromatic N) is 4. The fourth-order valence-corrected chi connectivity index (χ4v) is 2.18. The molecule has 18 heavy (non-hydrogen) atoms. The van der Waals surface area contributed by atoms with Crippen molar-refractivity contribution in [2.45, 2.75) is 13.0 Å². The molecule has 0 saturated carbocycles. The summed E-state index contributed by atoms with van der Waals surface area (Å²) in [6, 6.07) is 7.60. The number of anilines is 1. The Morgan fingerprint density at radius 3 is 3.17 bits per heavy atom. The van der Waals surface area contributed by atoms with E-state index in [0.717, 1.165) is 37.6 Å². The lowest BCUT2D eigenvalue weighted by Crippen LogP contribution is -2.13. The first-order chi connectivity index (χ1) is 8.83. The van der Waals surface area contributed by atoms with Gasteiger partial charge in [-0.25, -0.2) is 4.68 Å². The minimum atomic E-state index is 0.494. The Hall–Kier alpha value is -1.95. The van der Waals surface area contributed by atoms with Gasteiger partial charge in [-0.1, -0.05) is 12.1 Å². The van der Waals surface area contributed by atoms with Crippen molar-refractivity contribution < 1.29 is 4.74 Å². The molecular formula is C12H15N5O. The Labute approximate surface area is 105 Å². The van der Waals surface area contributed by atoms with Gasteiger partial charge in [-0.3, -0.25) is 0 Å². The lowest BCUT2D eigenvalue weighted by Gasteiger charge is -2.09. The quantitative estimate of drug-likeness (QED) is 0.815. The predicted molar refractivity (Wildman–Crippen MR) is 66.6 cm³/mol. The highest BCUT2D eigenvalue weighted by molar-refractivity contribution is 5.60. The largest absolute Gasteiger partial charge is 0.399 e. The molecule has 0 bridgehead atoms. The van der Waals surface area contributed by atoms with Crippen LogP contribution in [0.1, 0.15) is 6.42 Å². The zero-order chi connectivity index (χ0) is 12.4. The smallest absolute Gasteiger partial charge is 0.182 e. The highest BCUT2D eigenvalue weighted by atomic mass is 16.5. The molecule has 94 valence electrons. The number of nitrogens with two attached hydrogens (primary N) is 1. The van der Waals surface area contributed by atoms with E-state index in [1.807, 2.05) is 28.9 Å². The number of ether oxygens (including phenoxy) is 1. The second kappa shape index (κ2) is 4.73. The Balaban J connectivity index is 1.86. The molecule has 0 aliphatic carbocycles. The summed E-state index contributed by atoms with van der Waals surface area (Å²) in [4.78, 5) is 0. The lowest BCUT2D eigenvalue weighted by atomic mass is 10.1. The van der Waals surface area contributed by atoms with Crippen LogP contribution in [0, 0.1) is 5.92 Å². The summed E-state index contributed by atoms with van der Waals surface area (Å²) < 4.78 is 7.20. The van der Waals surface area contributed by atoms with E-state index in [9.17, 15) is 0 Å². The molecule has 2 heterocycles. The van der Waals surface area contributed by atoms with Crippen LogP contribution in [0.5, 0.6) is 0 Å². The summed E-state index contributed by atoms with van der Waals surface area (Å²) >= 11 is 0. The Bertz CT molecular complexity index is 533. The zero-order valence-corrected chi connectivity index (χ0v) is 9.99. The van der Waals surface area contributed by atoms with Crippen molar-refractivity contribution in [2.75, 3.05) is 18.9 Å². The average molecular weight is 245 g/mol. The normalized spacial score (nSPS) is 19.2. The van der Waals surface area contributed by atoms with E-state index in [2.05, 4.69) is 15.5 Å². The molecule has 1 aromatic heterocycles. The van der Waals surface area contributed by atoms with E-state index in [4.69, 9.17) is 10.5 Å². The van der Waals surface area contributed by atoms with Crippen LogP contribution in [0.3, 0.4) is 0 Å². The zero-order valence-electron chi connectivity index (χ0n) is 9.99. The van der Waals surface area contributed by atoms with Gasteiger partial charge in [-0.2, -0.15) is 0 Å². The van der Waals surface area contributed by atoms with Gasteiger partial charge in [0.1, 0.15) is 0 Å². The Morgan fingerprint density at radius 2 is 2.39 bits per heavy atom. The monoisotopic (exact) mass is 245 g/mol. The van der Waals surface area contributed by atoms with Crippen molar-refractivity contribution in [1.82, 2.24) is 20.2 Å². The SMILES string of the molecule is Nc1cccc(-c2nnnn2CC2CCOC2)c1. The topological polar surface area (TPSA) is 78.9 Å². The summed E-state index contributed by atoms with van der Waals surface area (Å²) in [7, 11) is 0. The van der Waals surface area contributed by atoms with Gasteiger partial charge in [-0.15, -0.1) is 5.10 Å². The van der Waals surface area contributed by atoms with Gasteiger partial charge in [0, 0.05) is 23.8 Å². The van der Waals surface area contributed by atoms with E-state index in [0.29, 0.717) is 11.6 Å². The predicted octanol–water partition coefficient (Wildman–Crippen LogP) is 0.959. The van der Waals surface area contributed by atoms with Crippen LogP contribution in [0.25, 0.3) is 11.4 Å². The molecule has 1 atom stereocenters. The molecule has 6 heteroatoms. The highest BCUT2D eigenvalue weighted by Crippen LogP contribution is 2.21. The molecule has 2 N–H and O–H groups in total. The van der Waals surface area contributed by atoms with Crippen LogP contribution in [0.4, 0.5) is 5.69 Å². The summed E-state index contributed by atoms with van der Waals surface area (Å²) in [6.07, 6.45) is 1.07. The van der Waals surface area contributed by atoms with Gasteiger partial charge in [-0.05, 0) is 29.0 Å². The first-order valence-electron chi connectivity index (χ1n) is 6.03. The second-order valence-corrected chi connectivity index (χ2v) is 4.54. The van der Waals surface area contributed by atoms with Crippen LogP contribution >= 0.6 is 0 Å². The third-order valence-corrected chi connectivity index (χ3v) is 3.13.